The quantitative estimate of drug-likeness (QED) is 0.749. The van der Waals surface area contributed by atoms with Crippen LogP contribution >= 0.6 is 0 Å². The number of urea groups is 1. The summed E-state index contributed by atoms with van der Waals surface area (Å²) in [6, 6.07) is 5.56. The van der Waals surface area contributed by atoms with Gasteiger partial charge in [-0.15, -0.1) is 0 Å². The van der Waals surface area contributed by atoms with Crippen LogP contribution in [0, 0.1) is 0 Å². The summed E-state index contributed by atoms with van der Waals surface area (Å²) in [5.74, 6) is -0.592. The maximum Gasteiger partial charge on any atom is 0.317 e. The summed E-state index contributed by atoms with van der Waals surface area (Å²) in [5, 5.41) is 21.6. The van der Waals surface area contributed by atoms with Crippen LogP contribution < -0.4 is 5.32 Å². The van der Waals surface area contributed by atoms with Crippen molar-refractivity contribution in [2.45, 2.75) is 44.8 Å². The molecular formula is C18H25N3O4. The van der Waals surface area contributed by atoms with Crippen LogP contribution in [0.5, 0.6) is 5.75 Å². The molecule has 1 aromatic rings. The summed E-state index contributed by atoms with van der Waals surface area (Å²) >= 11 is 0. The molecular weight excluding hydrogens is 322 g/mol. The van der Waals surface area contributed by atoms with Crippen LogP contribution in [-0.2, 0) is 17.8 Å². The number of rotatable bonds is 5. The molecule has 0 bridgehead atoms. The van der Waals surface area contributed by atoms with Gasteiger partial charge in [-0.2, -0.15) is 0 Å². The van der Waals surface area contributed by atoms with Gasteiger partial charge in [0.1, 0.15) is 5.75 Å². The van der Waals surface area contributed by atoms with E-state index in [1.807, 2.05) is 17.9 Å². The Bertz CT molecular complexity index is 658. The van der Waals surface area contributed by atoms with E-state index in [-0.39, 0.29) is 30.4 Å². The smallest absolute Gasteiger partial charge is 0.317 e. The number of benzene rings is 1. The van der Waals surface area contributed by atoms with Gasteiger partial charge in [0.25, 0.3) is 0 Å². The minimum atomic E-state index is -0.815. The van der Waals surface area contributed by atoms with Crippen molar-refractivity contribution in [1.29, 1.82) is 0 Å². The summed E-state index contributed by atoms with van der Waals surface area (Å²) in [4.78, 5) is 27.0. The molecule has 1 fully saturated rings. The van der Waals surface area contributed by atoms with Gasteiger partial charge in [0.2, 0.25) is 0 Å². The summed E-state index contributed by atoms with van der Waals surface area (Å²) in [7, 11) is 0. The zero-order chi connectivity index (χ0) is 18.0. The Balaban J connectivity index is 1.49. The topological polar surface area (TPSA) is 93.1 Å². The molecule has 0 atom stereocenters. The number of carbonyl (C=O) groups excluding carboxylic acids is 1. The Morgan fingerprint density at radius 3 is 2.76 bits per heavy atom. The molecule has 0 unspecified atom stereocenters. The molecule has 1 saturated carbocycles. The highest BCUT2D eigenvalue weighted by Gasteiger charge is 2.35. The predicted molar refractivity (Wildman–Crippen MR) is 92.4 cm³/mol. The van der Waals surface area contributed by atoms with Gasteiger partial charge >= 0.3 is 12.0 Å². The molecule has 25 heavy (non-hydrogen) atoms. The first-order chi connectivity index (χ1) is 12.0. The fourth-order valence-corrected chi connectivity index (χ4v) is 3.66. The number of amides is 2. The number of carboxylic acids is 1. The van der Waals surface area contributed by atoms with E-state index in [4.69, 9.17) is 5.11 Å². The second kappa shape index (κ2) is 7.31. The molecule has 3 rings (SSSR count). The van der Waals surface area contributed by atoms with Crippen molar-refractivity contribution in [2.24, 2.45) is 0 Å². The molecule has 0 saturated heterocycles. The van der Waals surface area contributed by atoms with Crippen molar-refractivity contribution in [2.75, 3.05) is 19.6 Å². The van der Waals surface area contributed by atoms with Crippen LogP contribution in [0.15, 0.2) is 18.2 Å². The van der Waals surface area contributed by atoms with E-state index in [0.29, 0.717) is 19.6 Å². The van der Waals surface area contributed by atoms with Gasteiger partial charge in [0.05, 0.1) is 6.54 Å². The molecule has 7 nitrogen and oxygen atoms in total. The van der Waals surface area contributed by atoms with Gasteiger partial charge in [0, 0.05) is 25.2 Å². The lowest BCUT2D eigenvalue weighted by molar-refractivity contribution is -0.139. The standard InChI is InChI=1S/C18H25N3O4/c1-2-20(11-17(23)24)15-8-14(9-15)19-18(25)21-6-5-12-3-4-16(22)7-13(12)10-21/h3-4,7,14-15,22H,2,5-6,8-11H2,1H3,(H,19,25)(H,23,24). The molecule has 3 N–H and O–H groups in total. The van der Waals surface area contributed by atoms with Crippen molar-refractivity contribution >= 4 is 12.0 Å². The first-order valence-electron chi connectivity index (χ1n) is 8.78. The lowest BCUT2D eigenvalue weighted by Gasteiger charge is -2.43. The number of likely N-dealkylation sites (N-methyl/N-ethyl adjacent to an activating group) is 1. The van der Waals surface area contributed by atoms with Crippen LogP contribution in [0.3, 0.4) is 0 Å². The number of carbonyl (C=O) groups is 2. The van der Waals surface area contributed by atoms with Crippen molar-refractivity contribution in [1.82, 2.24) is 15.1 Å². The van der Waals surface area contributed by atoms with Gasteiger partial charge in [0.15, 0.2) is 0 Å². The molecule has 0 radical (unpaired) electrons. The first kappa shape index (κ1) is 17.5. The average Bonchev–Trinajstić information content (AvgIpc) is 2.54. The van der Waals surface area contributed by atoms with Gasteiger partial charge in [-0.25, -0.2) is 4.79 Å². The van der Waals surface area contributed by atoms with Gasteiger partial charge in [-0.05, 0) is 49.1 Å². The third-order valence-corrected chi connectivity index (χ3v) is 5.19. The van der Waals surface area contributed by atoms with Gasteiger partial charge in [-0.3, -0.25) is 9.69 Å². The number of hydrogen-bond donors (Lipinski definition) is 3. The molecule has 1 aliphatic carbocycles. The fourth-order valence-electron chi connectivity index (χ4n) is 3.66. The Kier molecular flexibility index (Phi) is 5.13. The molecule has 1 aromatic carbocycles. The Labute approximate surface area is 147 Å². The van der Waals surface area contributed by atoms with Crippen LogP contribution in [0.2, 0.25) is 0 Å². The van der Waals surface area contributed by atoms with E-state index >= 15 is 0 Å². The van der Waals surface area contributed by atoms with E-state index in [9.17, 15) is 14.7 Å². The van der Waals surface area contributed by atoms with Crippen LogP contribution in [0.4, 0.5) is 4.79 Å². The molecule has 1 heterocycles. The highest BCUT2D eigenvalue weighted by Crippen LogP contribution is 2.27. The molecule has 0 spiro atoms. The molecule has 0 aromatic heterocycles. The zero-order valence-corrected chi connectivity index (χ0v) is 14.4. The predicted octanol–water partition coefficient (Wildman–Crippen LogP) is 1.40. The zero-order valence-electron chi connectivity index (χ0n) is 14.4. The fraction of sp³-hybridized carbons (Fsp3) is 0.556. The van der Waals surface area contributed by atoms with Crippen molar-refractivity contribution in [3.63, 3.8) is 0 Å². The lowest BCUT2D eigenvalue weighted by atomic mass is 9.85. The maximum absolute atomic E-state index is 12.5. The number of nitrogens with zero attached hydrogens (tertiary/aromatic N) is 2. The summed E-state index contributed by atoms with van der Waals surface area (Å²) in [6.07, 6.45) is 2.37. The van der Waals surface area contributed by atoms with Crippen LogP contribution in [-0.4, -0.2) is 63.7 Å². The number of hydrogen-bond acceptors (Lipinski definition) is 4. The van der Waals surface area contributed by atoms with Gasteiger partial charge in [-0.1, -0.05) is 13.0 Å². The van der Waals surface area contributed by atoms with E-state index in [1.54, 1.807) is 17.0 Å². The normalized spacial score (nSPS) is 22.2. The van der Waals surface area contributed by atoms with E-state index in [0.717, 1.165) is 24.8 Å². The summed E-state index contributed by atoms with van der Waals surface area (Å²) in [6.45, 7) is 3.87. The Hall–Kier alpha value is -2.28. The number of phenols is 1. The first-order valence-corrected chi connectivity index (χ1v) is 8.78. The lowest BCUT2D eigenvalue weighted by Crippen LogP contribution is -2.57. The molecule has 2 aliphatic rings. The van der Waals surface area contributed by atoms with Crippen molar-refractivity contribution < 1.29 is 19.8 Å². The Morgan fingerprint density at radius 2 is 2.08 bits per heavy atom. The summed E-state index contributed by atoms with van der Waals surface area (Å²) < 4.78 is 0. The highest BCUT2D eigenvalue weighted by atomic mass is 16.4. The number of fused-ring (bicyclic) bond motifs is 1. The largest absolute Gasteiger partial charge is 0.508 e. The van der Waals surface area contributed by atoms with E-state index < -0.39 is 5.97 Å². The average molecular weight is 347 g/mol. The van der Waals surface area contributed by atoms with Crippen LogP contribution in [0.25, 0.3) is 0 Å². The van der Waals surface area contributed by atoms with Crippen molar-refractivity contribution in [3.05, 3.63) is 29.3 Å². The second-order valence-electron chi connectivity index (χ2n) is 6.85. The SMILES string of the molecule is CCN(CC(=O)O)C1CC(NC(=O)N2CCc3ccc(O)cc3C2)C1. The second-order valence-corrected chi connectivity index (χ2v) is 6.85. The number of nitrogens with one attached hydrogen (secondary N) is 1. The van der Waals surface area contributed by atoms with E-state index in [2.05, 4.69) is 5.32 Å². The number of aromatic hydroxyl groups is 1. The molecule has 2 amide bonds. The summed E-state index contributed by atoms with van der Waals surface area (Å²) in [5.41, 5.74) is 2.17. The monoisotopic (exact) mass is 347 g/mol. The van der Waals surface area contributed by atoms with Gasteiger partial charge < -0.3 is 20.4 Å². The Morgan fingerprint density at radius 1 is 1.32 bits per heavy atom. The number of phenolic OH excluding ortho intramolecular Hbond substituents is 1. The number of carboxylic acid groups (broad SMARTS) is 1. The third-order valence-electron chi connectivity index (χ3n) is 5.19. The van der Waals surface area contributed by atoms with Crippen molar-refractivity contribution in [3.8, 4) is 5.75 Å². The minimum absolute atomic E-state index is 0.0498. The maximum atomic E-state index is 12.5. The minimum Gasteiger partial charge on any atom is -0.508 e. The third kappa shape index (κ3) is 4.04. The molecule has 1 aliphatic heterocycles. The molecule has 136 valence electrons. The number of aliphatic carboxylic acids is 1. The highest BCUT2D eigenvalue weighted by molar-refractivity contribution is 5.75. The van der Waals surface area contributed by atoms with E-state index in [1.165, 1.54) is 5.56 Å². The van der Waals surface area contributed by atoms with Crippen LogP contribution in [0.1, 0.15) is 30.9 Å². The molecule has 7 heteroatoms.